The molecule has 2 aromatic heterocycles. The van der Waals surface area contributed by atoms with Crippen molar-refractivity contribution in [3.63, 3.8) is 0 Å². The van der Waals surface area contributed by atoms with Crippen LogP contribution in [0.25, 0.3) is 0 Å². The summed E-state index contributed by atoms with van der Waals surface area (Å²) in [5.41, 5.74) is 0.517. The zero-order valence-electron chi connectivity index (χ0n) is 14.8. The summed E-state index contributed by atoms with van der Waals surface area (Å²) < 4.78 is 39.4. The van der Waals surface area contributed by atoms with Crippen LogP contribution in [0.1, 0.15) is 5.56 Å². The zero-order chi connectivity index (χ0) is 19.8. The second-order valence-electron chi connectivity index (χ2n) is 5.85. The van der Waals surface area contributed by atoms with E-state index in [-0.39, 0.29) is 12.3 Å². The van der Waals surface area contributed by atoms with Gasteiger partial charge in [-0.25, -0.2) is 22.5 Å². The maximum atomic E-state index is 12.9. The molecular formula is C18H19FN6O2S. The number of rotatable bonds is 9. The fourth-order valence-corrected chi connectivity index (χ4v) is 3.46. The first-order valence-corrected chi connectivity index (χ1v) is 10.1. The number of nitrogens with zero attached hydrogens (tertiary/aromatic N) is 3. The van der Waals surface area contributed by atoms with E-state index in [0.29, 0.717) is 29.6 Å². The Morgan fingerprint density at radius 2 is 1.61 bits per heavy atom. The molecule has 2 heterocycles. The number of nitrogens with one attached hydrogen (secondary N) is 3. The van der Waals surface area contributed by atoms with Crippen molar-refractivity contribution in [1.29, 1.82) is 0 Å². The molecule has 1 aromatic carbocycles. The molecule has 0 atom stereocenters. The first-order chi connectivity index (χ1) is 13.5. The maximum absolute atomic E-state index is 12.9. The largest absolute Gasteiger partial charge is 0.367 e. The van der Waals surface area contributed by atoms with Gasteiger partial charge in [0.2, 0.25) is 10.0 Å². The van der Waals surface area contributed by atoms with E-state index in [1.165, 1.54) is 24.3 Å². The molecule has 0 saturated carbocycles. The lowest BCUT2D eigenvalue weighted by atomic mass is 10.2. The van der Waals surface area contributed by atoms with Crippen LogP contribution >= 0.6 is 0 Å². The Labute approximate surface area is 162 Å². The number of pyridine rings is 1. The lowest BCUT2D eigenvalue weighted by Gasteiger charge is -2.09. The van der Waals surface area contributed by atoms with Gasteiger partial charge >= 0.3 is 0 Å². The predicted molar refractivity (Wildman–Crippen MR) is 105 cm³/mol. The van der Waals surface area contributed by atoms with E-state index < -0.39 is 15.8 Å². The van der Waals surface area contributed by atoms with Gasteiger partial charge in [0.1, 0.15) is 17.5 Å². The van der Waals surface area contributed by atoms with Crippen molar-refractivity contribution in [2.24, 2.45) is 0 Å². The standard InChI is InChI=1S/C18H19FN6O2S/c19-15-6-4-14(5-7-15)13-28(26,27)22-12-11-21-17-8-9-18(25-24-17)23-16-3-1-2-10-20-16/h1-10,22H,11-13H2,(H,21,24)(H,20,23,25). The number of halogens is 1. The molecule has 0 aliphatic heterocycles. The third-order valence-electron chi connectivity index (χ3n) is 3.61. The maximum Gasteiger partial charge on any atom is 0.215 e. The Hall–Kier alpha value is -3.11. The number of benzene rings is 1. The van der Waals surface area contributed by atoms with E-state index in [2.05, 4.69) is 30.5 Å². The first kappa shape index (κ1) is 19.6. The molecule has 3 aromatic rings. The summed E-state index contributed by atoms with van der Waals surface area (Å²) in [5.74, 6) is 1.11. The molecule has 0 bridgehead atoms. The summed E-state index contributed by atoms with van der Waals surface area (Å²) in [5, 5.41) is 14.1. The fourth-order valence-electron chi connectivity index (χ4n) is 2.31. The van der Waals surface area contributed by atoms with E-state index in [0.717, 1.165) is 0 Å². The molecule has 146 valence electrons. The fraction of sp³-hybridized carbons (Fsp3) is 0.167. The molecule has 0 saturated heterocycles. The smallest absolute Gasteiger partial charge is 0.215 e. The average molecular weight is 402 g/mol. The minimum Gasteiger partial charge on any atom is -0.367 e. The van der Waals surface area contributed by atoms with Crippen LogP contribution < -0.4 is 15.4 Å². The highest BCUT2D eigenvalue weighted by Gasteiger charge is 2.11. The van der Waals surface area contributed by atoms with E-state index in [4.69, 9.17) is 0 Å². The highest BCUT2D eigenvalue weighted by atomic mass is 32.2. The molecule has 3 rings (SSSR count). The molecule has 0 amide bonds. The first-order valence-electron chi connectivity index (χ1n) is 8.48. The van der Waals surface area contributed by atoms with Crippen molar-refractivity contribution in [2.45, 2.75) is 5.75 Å². The van der Waals surface area contributed by atoms with Gasteiger partial charge in [-0.1, -0.05) is 18.2 Å². The molecule has 0 spiro atoms. The number of hydrogen-bond donors (Lipinski definition) is 3. The van der Waals surface area contributed by atoms with Gasteiger partial charge in [0, 0.05) is 19.3 Å². The summed E-state index contributed by atoms with van der Waals surface area (Å²) in [6.45, 7) is 0.517. The lowest BCUT2D eigenvalue weighted by Crippen LogP contribution is -2.30. The Balaban J connectivity index is 1.42. The van der Waals surface area contributed by atoms with Gasteiger partial charge in [0.15, 0.2) is 5.82 Å². The van der Waals surface area contributed by atoms with Gasteiger partial charge in [-0.15, -0.1) is 10.2 Å². The summed E-state index contributed by atoms with van der Waals surface area (Å²) in [6.07, 6.45) is 1.67. The molecule has 0 aliphatic rings. The SMILES string of the molecule is O=S(=O)(Cc1ccc(F)cc1)NCCNc1ccc(Nc2ccccn2)nn1. The van der Waals surface area contributed by atoms with Crippen LogP contribution in [0.15, 0.2) is 60.8 Å². The molecule has 3 N–H and O–H groups in total. The highest BCUT2D eigenvalue weighted by molar-refractivity contribution is 7.88. The van der Waals surface area contributed by atoms with Crippen LogP contribution in [0.4, 0.5) is 21.8 Å². The van der Waals surface area contributed by atoms with Crippen molar-refractivity contribution >= 4 is 27.5 Å². The van der Waals surface area contributed by atoms with Crippen molar-refractivity contribution in [2.75, 3.05) is 23.7 Å². The second-order valence-corrected chi connectivity index (χ2v) is 7.66. The number of anilines is 3. The minimum atomic E-state index is -3.51. The van der Waals surface area contributed by atoms with Gasteiger partial charge in [0.25, 0.3) is 0 Å². The Morgan fingerprint density at radius 1 is 0.857 bits per heavy atom. The van der Waals surface area contributed by atoms with E-state index in [1.807, 2.05) is 18.2 Å². The molecule has 0 fully saturated rings. The van der Waals surface area contributed by atoms with Crippen LogP contribution in [0.5, 0.6) is 0 Å². The minimum absolute atomic E-state index is 0.180. The third-order valence-corrected chi connectivity index (χ3v) is 4.97. The van der Waals surface area contributed by atoms with Crippen LogP contribution in [-0.2, 0) is 15.8 Å². The zero-order valence-corrected chi connectivity index (χ0v) is 15.7. The Morgan fingerprint density at radius 3 is 2.29 bits per heavy atom. The number of sulfonamides is 1. The topological polar surface area (TPSA) is 109 Å². The van der Waals surface area contributed by atoms with E-state index in [1.54, 1.807) is 18.3 Å². The van der Waals surface area contributed by atoms with Crippen LogP contribution in [0, 0.1) is 5.82 Å². The van der Waals surface area contributed by atoms with Gasteiger partial charge in [-0.05, 0) is 42.0 Å². The molecule has 0 aliphatic carbocycles. The quantitative estimate of drug-likeness (QED) is 0.471. The molecule has 28 heavy (non-hydrogen) atoms. The van der Waals surface area contributed by atoms with Crippen LogP contribution in [0.2, 0.25) is 0 Å². The second kappa shape index (κ2) is 9.20. The van der Waals surface area contributed by atoms with Gasteiger partial charge in [-0.3, -0.25) is 0 Å². The third kappa shape index (κ3) is 6.25. The lowest BCUT2D eigenvalue weighted by molar-refractivity contribution is 0.581. The van der Waals surface area contributed by atoms with Gasteiger partial charge in [0.05, 0.1) is 5.75 Å². The van der Waals surface area contributed by atoms with E-state index in [9.17, 15) is 12.8 Å². The van der Waals surface area contributed by atoms with Gasteiger partial charge < -0.3 is 10.6 Å². The summed E-state index contributed by atoms with van der Waals surface area (Å²) in [6, 6.07) is 14.3. The molecular weight excluding hydrogens is 383 g/mol. The van der Waals surface area contributed by atoms with Crippen LogP contribution in [-0.4, -0.2) is 36.7 Å². The molecule has 0 radical (unpaired) electrons. The Bertz CT molecular complexity index is 983. The van der Waals surface area contributed by atoms with Crippen molar-refractivity contribution in [1.82, 2.24) is 19.9 Å². The molecule has 10 heteroatoms. The van der Waals surface area contributed by atoms with Crippen LogP contribution in [0.3, 0.4) is 0 Å². The number of hydrogen-bond acceptors (Lipinski definition) is 7. The predicted octanol–water partition coefficient (Wildman–Crippen LogP) is 2.29. The normalized spacial score (nSPS) is 11.2. The summed E-state index contributed by atoms with van der Waals surface area (Å²) in [4.78, 5) is 4.14. The Kier molecular flexibility index (Phi) is 6.45. The van der Waals surface area contributed by atoms with Crippen molar-refractivity contribution in [3.8, 4) is 0 Å². The van der Waals surface area contributed by atoms with Gasteiger partial charge in [-0.2, -0.15) is 0 Å². The molecule has 0 unspecified atom stereocenters. The summed E-state index contributed by atoms with van der Waals surface area (Å²) in [7, 11) is -3.51. The highest BCUT2D eigenvalue weighted by Crippen LogP contribution is 2.11. The monoisotopic (exact) mass is 402 g/mol. The van der Waals surface area contributed by atoms with E-state index >= 15 is 0 Å². The summed E-state index contributed by atoms with van der Waals surface area (Å²) >= 11 is 0. The number of aromatic nitrogens is 3. The van der Waals surface area contributed by atoms with Crippen molar-refractivity contribution < 1.29 is 12.8 Å². The average Bonchev–Trinajstić information content (AvgIpc) is 2.69. The molecule has 8 nitrogen and oxygen atoms in total. The van der Waals surface area contributed by atoms with Crippen molar-refractivity contribution in [3.05, 3.63) is 72.2 Å².